The normalized spacial score (nSPS) is 10.8. The van der Waals surface area contributed by atoms with Gasteiger partial charge in [0.15, 0.2) is 5.13 Å². The summed E-state index contributed by atoms with van der Waals surface area (Å²) in [5, 5.41) is 0.605. The number of rotatable bonds is 1. The summed E-state index contributed by atoms with van der Waals surface area (Å²) in [5.41, 5.74) is 8.68. The molecular formula is C12H9N3S. The summed E-state index contributed by atoms with van der Waals surface area (Å²) in [6.45, 7) is 0. The molecule has 2 heterocycles. The highest BCUT2D eigenvalue weighted by Crippen LogP contribution is 2.28. The minimum absolute atomic E-state index is 0.605. The molecule has 0 bridgehead atoms. The van der Waals surface area contributed by atoms with Crippen molar-refractivity contribution in [3.05, 3.63) is 42.6 Å². The smallest absolute Gasteiger partial charge is 0.181 e. The second kappa shape index (κ2) is 3.57. The molecule has 0 amide bonds. The number of fused-ring (bicyclic) bond motifs is 1. The van der Waals surface area contributed by atoms with E-state index in [1.807, 2.05) is 30.3 Å². The molecule has 2 aromatic heterocycles. The zero-order chi connectivity index (χ0) is 11.0. The summed E-state index contributed by atoms with van der Waals surface area (Å²) in [5.74, 6) is 0. The van der Waals surface area contributed by atoms with Gasteiger partial charge in [0.05, 0.1) is 15.9 Å². The Morgan fingerprint density at radius 2 is 2.06 bits per heavy atom. The molecule has 4 heteroatoms. The van der Waals surface area contributed by atoms with Crippen molar-refractivity contribution in [2.45, 2.75) is 0 Å². The first-order valence-corrected chi connectivity index (χ1v) is 5.72. The number of nitrogens with two attached hydrogens (primary N) is 1. The van der Waals surface area contributed by atoms with E-state index in [9.17, 15) is 0 Å². The maximum Gasteiger partial charge on any atom is 0.181 e. The van der Waals surface area contributed by atoms with Crippen LogP contribution in [0.5, 0.6) is 0 Å². The van der Waals surface area contributed by atoms with E-state index in [0.717, 1.165) is 21.5 Å². The predicted molar refractivity (Wildman–Crippen MR) is 67.3 cm³/mol. The number of thiazole rings is 1. The molecule has 1 aromatic carbocycles. The summed E-state index contributed by atoms with van der Waals surface area (Å²) < 4.78 is 1.10. The first kappa shape index (κ1) is 9.30. The highest BCUT2D eigenvalue weighted by Gasteiger charge is 2.03. The molecule has 3 rings (SSSR count). The molecule has 0 aliphatic carbocycles. The van der Waals surface area contributed by atoms with Crippen molar-refractivity contribution in [3.63, 3.8) is 0 Å². The number of benzene rings is 1. The molecule has 0 saturated carbocycles. The maximum absolute atomic E-state index is 5.67. The van der Waals surface area contributed by atoms with Crippen molar-refractivity contribution in [3.8, 4) is 11.3 Å². The van der Waals surface area contributed by atoms with Crippen molar-refractivity contribution >= 4 is 26.7 Å². The molecular weight excluding hydrogens is 218 g/mol. The van der Waals surface area contributed by atoms with Crippen molar-refractivity contribution in [2.24, 2.45) is 0 Å². The van der Waals surface area contributed by atoms with Gasteiger partial charge in [-0.25, -0.2) is 4.98 Å². The van der Waals surface area contributed by atoms with Crippen LogP contribution in [0, 0.1) is 0 Å². The Labute approximate surface area is 96.6 Å². The molecule has 0 fully saturated rings. The monoisotopic (exact) mass is 227 g/mol. The van der Waals surface area contributed by atoms with Gasteiger partial charge in [-0.1, -0.05) is 23.5 Å². The highest BCUT2D eigenvalue weighted by atomic mass is 32.1. The van der Waals surface area contributed by atoms with Crippen molar-refractivity contribution in [1.82, 2.24) is 9.97 Å². The fourth-order valence-corrected chi connectivity index (χ4v) is 2.41. The average molecular weight is 227 g/mol. The number of hydrogen-bond donors (Lipinski definition) is 1. The van der Waals surface area contributed by atoms with Crippen LogP contribution in [0.25, 0.3) is 21.5 Å². The first-order chi connectivity index (χ1) is 7.83. The van der Waals surface area contributed by atoms with E-state index in [4.69, 9.17) is 5.73 Å². The van der Waals surface area contributed by atoms with Gasteiger partial charge < -0.3 is 5.73 Å². The van der Waals surface area contributed by atoms with Crippen LogP contribution in [-0.2, 0) is 0 Å². The van der Waals surface area contributed by atoms with E-state index in [-0.39, 0.29) is 0 Å². The maximum atomic E-state index is 5.67. The van der Waals surface area contributed by atoms with Gasteiger partial charge in [0, 0.05) is 11.8 Å². The van der Waals surface area contributed by atoms with E-state index < -0.39 is 0 Å². The average Bonchev–Trinajstić information content (AvgIpc) is 2.69. The summed E-state index contributed by atoms with van der Waals surface area (Å²) in [6, 6.07) is 12.0. The van der Waals surface area contributed by atoms with Crippen LogP contribution in [0.4, 0.5) is 5.13 Å². The van der Waals surface area contributed by atoms with E-state index in [2.05, 4.69) is 16.0 Å². The Hall–Kier alpha value is -1.94. The fourth-order valence-electron chi connectivity index (χ4n) is 1.64. The SMILES string of the molecule is Nc1nc2ccc(-c3ccccn3)cc2s1. The van der Waals surface area contributed by atoms with Crippen LogP contribution in [0.3, 0.4) is 0 Å². The van der Waals surface area contributed by atoms with Crippen LogP contribution in [-0.4, -0.2) is 9.97 Å². The zero-order valence-electron chi connectivity index (χ0n) is 8.42. The number of nitrogens with zero attached hydrogens (tertiary/aromatic N) is 2. The number of pyridine rings is 1. The minimum atomic E-state index is 0.605. The molecule has 2 N–H and O–H groups in total. The molecule has 0 spiro atoms. The van der Waals surface area contributed by atoms with E-state index in [1.54, 1.807) is 6.20 Å². The lowest BCUT2D eigenvalue weighted by Gasteiger charge is -1.99. The van der Waals surface area contributed by atoms with Gasteiger partial charge in [-0.3, -0.25) is 4.98 Å². The third-order valence-electron chi connectivity index (χ3n) is 2.37. The van der Waals surface area contributed by atoms with Crippen LogP contribution in [0.1, 0.15) is 0 Å². The molecule has 0 radical (unpaired) electrons. The number of aromatic nitrogens is 2. The topological polar surface area (TPSA) is 51.8 Å². The fraction of sp³-hybridized carbons (Fsp3) is 0. The van der Waals surface area contributed by atoms with E-state index in [1.165, 1.54) is 11.3 Å². The van der Waals surface area contributed by atoms with Crippen molar-refractivity contribution in [2.75, 3.05) is 5.73 Å². The Morgan fingerprint density at radius 1 is 1.12 bits per heavy atom. The molecule has 3 aromatic rings. The molecule has 3 nitrogen and oxygen atoms in total. The summed E-state index contributed by atoms with van der Waals surface area (Å²) in [6.07, 6.45) is 1.79. The Bertz CT molecular complexity index is 631. The van der Waals surface area contributed by atoms with Crippen LogP contribution in [0.2, 0.25) is 0 Å². The van der Waals surface area contributed by atoms with E-state index in [0.29, 0.717) is 5.13 Å². The zero-order valence-corrected chi connectivity index (χ0v) is 9.24. The highest BCUT2D eigenvalue weighted by molar-refractivity contribution is 7.22. The molecule has 78 valence electrons. The number of nitrogen functional groups attached to an aromatic ring is 1. The first-order valence-electron chi connectivity index (χ1n) is 4.90. The Morgan fingerprint density at radius 3 is 2.88 bits per heavy atom. The third-order valence-corrected chi connectivity index (χ3v) is 3.21. The summed E-state index contributed by atoms with van der Waals surface area (Å²) >= 11 is 1.50. The molecule has 0 unspecified atom stereocenters. The Balaban J connectivity index is 2.18. The molecule has 0 aliphatic heterocycles. The van der Waals surface area contributed by atoms with Crippen LogP contribution in [0.15, 0.2) is 42.6 Å². The lowest BCUT2D eigenvalue weighted by Crippen LogP contribution is -1.81. The van der Waals surface area contributed by atoms with Gasteiger partial charge in [0.1, 0.15) is 0 Å². The molecule has 0 atom stereocenters. The van der Waals surface area contributed by atoms with Crippen LogP contribution >= 0.6 is 11.3 Å². The van der Waals surface area contributed by atoms with Gasteiger partial charge in [-0.2, -0.15) is 0 Å². The van der Waals surface area contributed by atoms with Gasteiger partial charge in [0.2, 0.25) is 0 Å². The van der Waals surface area contributed by atoms with Gasteiger partial charge in [-0.05, 0) is 24.3 Å². The molecule has 0 saturated heterocycles. The van der Waals surface area contributed by atoms with E-state index >= 15 is 0 Å². The Kier molecular flexibility index (Phi) is 2.08. The number of hydrogen-bond acceptors (Lipinski definition) is 4. The van der Waals surface area contributed by atoms with Crippen LogP contribution < -0.4 is 5.73 Å². The largest absolute Gasteiger partial charge is 0.375 e. The summed E-state index contributed by atoms with van der Waals surface area (Å²) in [4.78, 5) is 8.54. The lowest BCUT2D eigenvalue weighted by atomic mass is 10.1. The van der Waals surface area contributed by atoms with Crippen molar-refractivity contribution in [1.29, 1.82) is 0 Å². The second-order valence-electron chi connectivity index (χ2n) is 3.45. The quantitative estimate of drug-likeness (QED) is 0.695. The third kappa shape index (κ3) is 1.53. The van der Waals surface area contributed by atoms with Gasteiger partial charge in [0.25, 0.3) is 0 Å². The molecule has 0 aliphatic rings. The van der Waals surface area contributed by atoms with Gasteiger partial charge in [-0.15, -0.1) is 0 Å². The predicted octanol–water partition coefficient (Wildman–Crippen LogP) is 2.94. The number of anilines is 1. The van der Waals surface area contributed by atoms with Gasteiger partial charge >= 0.3 is 0 Å². The second-order valence-corrected chi connectivity index (χ2v) is 4.51. The standard InChI is InChI=1S/C12H9N3S/c13-12-15-10-5-4-8(7-11(10)16-12)9-3-1-2-6-14-9/h1-7H,(H2,13,15). The summed E-state index contributed by atoms with van der Waals surface area (Å²) in [7, 11) is 0. The minimum Gasteiger partial charge on any atom is -0.375 e. The molecule has 16 heavy (non-hydrogen) atoms. The lowest BCUT2D eigenvalue weighted by molar-refractivity contribution is 1.33. The van der Waals surface area contributed by atoms with Crippen molar-refractivity contribution < 1.29 is 0 Å².